The predicted octanol–water partition coefficient (Wildman–Crippen LogP) is 1.95. The summed E-state index contributed by atoms with van der Waals surface area (Å²) < 4.78 is 18.6. The molecule has 1 aromatic rings. The van der Waals surface area contributed by atoms with E-state index in [0.717, 1.165) is 0 Å². The standard InChI is InChI=1S/C12H15FO4/c1-2-4-10(12(15)16)17-11-8(7-14)5-3-6-9(11)13/h3,5-6,10,14H,2,4,7H2,1H3,(H,15,16). The third kappa shape index (κ3) is 3.42. The van der Waals surface area contributed by atoms with Crippen LogP contribution in [-0.4, -0.2) is 22.3 Å². The van der Waals surface area contributed by atoms with E-state index in [1.807, 2.05) is 6.92 Å². The highest BCUT2D eigenvalue weighted by Crippen LogP contribution is 2.24. The van der Waals surface area contributed by atoms with Gasteiger partial charge in [-0.2, -0.15) is 0 Å². The van der Waals surface area contributed by atoms with Crippen LogP contribution in [0.5, 0.6) is 5.75 Å². The van der Waals surface area contributed by atoms with Crippen LogP contribution in [0.25, 0.3) is 0 Å². The first-order valence-electron chi connectivity index (χ1n) is 5.37. The Bertz CT molecular complexity index is 392. The molecule has 0 saturated heterocycles. The molecule has 17 heavy (non-hydrogen) atoms. The van der Waals surface area contributed by atoms with Gasteiger partial charge < -0.3 is 14.9 Å². The Labute approximate surface area is 98.7 Å². The molecule has 0 fully saturated rings. The minimum Gasteiger partial charge on any atom is -0.479 e. The van der Waals surface area contributed by atoms with E-state index in [0.29, 0.717) is 6.42 Å². The summed E-state index contributed by atoms with van der Waals surface area (Å²) in [6.07, 6.45) is -0.198. The molecule has 0 amide bonds. The van der Waals surface area contributed by atoms with E-state index in [-0.39, 0.29) is 17.7 Å². The molecule has 0 aliphatic carbocycles. The highest BCUT2D eigenvalue weighted by Gasteiger charge is 2.21. The Hall–Kier alpha value is -1.62. The first kappa shape index (κ1) is 13.4. The lowest BCUT2D eigenvalue weighted by Crippen LogP contribution is -2.27. The number of rotatable bonds is 6. The van der Waals surface area contributed by atoms with Crippen molar-refractivity contribution in [3.63, 3.8) is 0 Å². The van der Waals surface area contributed by atoms with Gasteiger partial charge in [0, 0.05) is 5.56 Å². The number of hydrogen-bond acceptors (Lipinski definition) is 3. The van der Waals surface area contributed by atoms with Crippen LogP contribution in [-0.2, 0) is 11.4 Å². The van der Waals surface area contributed by atoms with Crippen molar-refractivity contribution in [3.05, 3.63) is 29.6 Å². The summed E-state index contributed by atoms with van der Waals surface area (Å²) in [5.74, 6) is -1.99. The fourth-order valence-electron chi connectivity index (χ4n) is 1.45. The van der Waals surface area contributed by atoms with Gasteiger partial charge in [-0.05, 0) is 12.5 Å². The van der Waals surface area contributed by atoms with Gasteiger partial charge in [0.15, 0.2) is 17.7 Å². The summed E-state index contributed by atoms with van der Waals surface area (Å²) in [5, 5.41) is 17.9. The molecule has 1 unspecified atom stereocenters. The second-order valence-electron chi connectivity index (χ2n) is 3.62. The maximum absolute atomic E-state index is 13.5. The van der Waals surface area contributed by atoms with Crippen LogP contribution in [0.2, 0.25) is 0 Å². The summed E-state index contributed by atoms with van der Waals surface area (Å²) in [6.45, 7) is 1.42. The summed E-state index contributed by atoms with van der Waals surface area (Å²) in [7, 11) is 0. The molecule has 0 aliphatic heterocycles. The van der Waals surface area contributed by atoms with E-state index in [9.17, 15) is 9.18 Å². The largest absolute Gasteiger partial charge is 0.479 e. The number of carbonyl (C=O) groups is 1. The van der Waals surface area contributed by atoms with Gasteiger partial charge in [-0.1, -0.05) is 25.5 Å². The zero-order valence-electron chi connectivity index (χ0n) is 9.52. The number of hydrogen-bond donors (Lipinski definition) is 2. The first-order chi connectivity index (χ1) is 8.10. The summed E-state index contributed by atoms with van der Waals surface area (Å²) in [6, 6.07) is 4.09. The summed E-state index contributed by atoms with van der Waals surface area (Å²) in [4.78, 5) is 10.9. The SMILES string of the molecule is CCCC(Oc1c(F)cccc1CO)C(=O)O. The fraction of sp³-hybridized carbons (Fsp3) is 0.417. The second kappa shape index (κ2) is 6.20. The normalized spacial score (nSPS) is 12.2. The van der Waals surface area contributed by atoms with Crippen LogP contribution in [0.3, 0.4) is 0 Å². The number of para-hydroxylation sites is 1. The van der Waals surface area contributed by atoms with Crippen LogP contribution < -0.4 is 4.74 Å². The lowest BCUT2D eigenvalue weighted by Gasteiger charge is -2.16. The Morgan fingerprint density at radius 2 is 2.24 bits per heavy atom. The summed E-state index contributed by atoms with van der Waals surface area (Å²) in [5.41, 5.74) is 0.243. The van der Waals surface area contributed by atoms with Crippen molar-refractivity contribution in [3.8, 4) is 5.75 Å². The average Bonchev–Trinajstić information content (AvgIpc) is 2.30. The van der Waals surface area contributed by atoms with E-state index in [1.165, 1.54) is 18.2 Å². The van der Waals surface area contributed by atoms with Gasteiger partial charge in [0.2, 0.25) is 0 Å². The molecule has 0 bridgehead atoms. The lowest BCUT2D eigenvalue weighted by molar-refractivity contribution is -0.145. The zero-order chi connectivity index (χ0) is 12.8. The van der Waals surface area contributed by atoms with Crippen molar-refractivity contribution in [1.82, 2.24) is 0 Å². The average molecular weight is 242 g/mol. The van der Waals surface area contributed by atoms with E-state index >= 15 is 0 Å². The topological polar surface area (TPSA) is 66.8 Å². The van der Waals surface area contributed by atoms with Crippen LogP contribution in [0.1, 0.15) is 25.3 Å². The van der Waals surface area contributed by atoms with Crippen LogP contribution in [0.15, 0.2) is 18.2 Å². The third-order valence-electron chi connectivity index (χ3n) is 2.31. The van der Waals surface area contributed by atoms with E-state index in [1.54, 1.807) is 0 Å². The number of aliphatic hydroxyl groups excluding tert-OH is 1. The van der Waals surface area contributed by atoms with Crippen molar-refractivity contribution in [2.75, 3.05) is 0 Å². The monoisotopic (exact) mass is 242 g/mol. The third-order valence-corrected chi connectivity index (χ3v) is 2.31. The molecule has 0 aliphatic rings. The Kier molecular flexibility index (Phi) is 4.90. The molecular weight excluding hydrogens is 227 g/mol. The molecule has 1 atom stereocenters. The Morgan fingerprint density at radius 1 is 1.53 bits per heavy atom. The van der Waals surface area contributed by atoms with Gasteiger partial charge in [-0.25, -0.2) is 9.18 Å². The Balaban J connectivity index is 2.95. The molecule has 0 radical (unpaired) electrons. The quantitative estimate of drug-likeness (QED) is 0.800. The number of ether oxygens (including phenoxy) is 1. The Morgan fingerprint density at radius 3 is 2.76 bits per heavy atom. The van der Waals surface area contributed by atoms with Gasteiger partial charge in [-0.15, -0.1) is 0 Å². The number of benzene rings is 1. The molecule has 2 N–H and O–H groups in total. The fourth-order valence-corrected chi connectivity index (χ4v) is 1.45. The number of carboxylic acids is 1. The van der Waals surface area contributed by atoms with Crippen molar-refractivity contribution in [1.29, 1.82) is 0 Å². The predicted molar refractivity (Wildman–Crippen MR) is 59.3 cm³/mol. The molecule has 0 aromatic heterocycles. The van der Waals surface area contributed by atoms with Crippen molar-refractivity contribution in [2.45, 2.75) is 32.5 Å². The number of carboxylic acid groups (broad SMARTS) is 1. The maximum atomic E-state index is 13.5. The van der Waals surface area contributed by atoms with Gasteiger partial charge in [0.05, 0.1) is 6.61 Å². The molecule has 1 aromatic carbocycles. The van der Waals surface area contributed by atoms with Crippen molar-refractivity contribution in [2.24, 2.45) is 0 Å². The van der Waals surface area contributed by atoms with Crippen LogP contribution >= 0.6 is 0 Å². The lowest BCUT2D eigenvalue weighted by atomic mass is 10.1. The number of aliphatic hydroxyl groups is 1. The summed E-state index contributed by atoms with van der Waals surface area (Å²) >= 11 is 0. The minimum atomic E-state index is -1.14. The smallest absolute Gasteiger partial charge is 0.344 e. The molecule has 0 spiro atoms. The number of aliphatic carboxylic acids is 1. The first-order valence-corrected chi connectivity index (χ1v) is 5.37. The van der Waals surface area contributed by atoms with Gasteiger partial charge in [0.1, 0.15) is 0 Å². The molecule has 4 nitrogen and oxygen atoms in total. The number of halogens is 1. The second-order valence-corrected chi connectivity index (χ2v) is 3.62. The molecule has 5 heteroatoms. The van der Waals surface area contributed by atoms with E-state index in [4.69, 9.17) is 14.9 Å². The molecular formula is C12H15FO4. The maximum Gasteiger partial charge on any atom is 0.344 e. The van der Waals surface area contributed by atoms with Gasteiger partial charge >= 0.3 is 5.97 Å². The molecule has 0 saturated carbocycles. The molecule has 94 valence electrons. The highest BCUT2D eigenvalue weighted by atomic mass is 19.1. The molecule has 1 rings (SSSR count). The van der Waals surface area contributed by atoms with Crippen molar-refractivity contribution >= 4 is 5.97 Å². The van der Waals surface area contributed by atoms with Gasteiger partial charge in [-0.3, -0.25) is 0 Å². The highest BCUT2D eigenvalue weighted by molar-refractivity contribution is 5.72. The minimum absolute atomic E-state index is 0.184. The van der Waals surface area contributed by atoms with Crippen molar-refractivity contribution < 1.29 is 24.1 Å². The van der Waals surface area contributed by atoms with Gasteiger partial charge in [0.25, 0.3) is 0 Å². The van der Waals surface area contributed by atoms with Crippen LogP contribution in [0.4, 0.5) is 4.39 Å². The van der Waals surface area contributed by atoms with E-state index < -0.39 is 24.5 Å². The molecule has 0 heterocycles. The van der Waals surface area contributed by atoms with E-state index in [2.05, 4.69) is 0 Å². The van der Waals surface area contributed by atoms with Crippen LogP contribution in [0, 0.1) is 5.82 Å². The zero-order valence-corrected chi connectivity index (χ0v) is 9.52.